The summed E-state index contributed by atoms with van der Waals surface area (Å²) in [5.74, 6) is -0.0579. The maximum Gasteiger partial charge on any atom is 0.435 e. The van der Waals surface area contributed by atoms with Gasteiger partial charge >= 0.3 is 6.18 Å². The highest BCUT2D eigenvalue weighted by molar-refractivity contribution is 5.67. The quantitative estimate of drug-likeness (QED) is 0.470. The van der Waals surface area contributed by atoms with Gasteiger partial charge < -0.3 is 9.30 Å². The molecule has 1 aromatic carbocycles. The summed E-state index contributed by atoms with van der Waals surface area (Å²) >= 11 is 0. The summed E-state index contributed by atoms with van der Waals surface area (Å²) in [6.45, 7) is 0.969. The molecule has 0 bridgehead atoms. The van der Waals surface area contributed by atoms with Gasteiger partial charge in [0.1, 0.15) is 11.4 Å². The number of H-pyrrole nitrogens is 1. The van der Waals surface area contributed by atoms with E-state index in [1.165, 1.54) is 24.4 Å². The molecule has 0 amide bonds. The largest absolute Gasteiger partial charge is 0.490 e. The average Bonchev–Trinajstić information content (AvgIpc) is 3.44. The third-order valence-electron chi connectivity index (χ3n) is 5.34. The average molecular weight is 444 g/mol. The Morgan fingerprint density at radius 2 is 2.03 bits per heavy atom. The Morgan fingerprint density at radius 1 is 1.16 bits per heavy atom. The van der Waals surface area contributed by atoms with Crippen LogP contribution in [0.4, 0.5) is 17.6 Å². The second kappa shape index (κ2) is 7.74. The van der Waals surface area contributed by atoms with Gasteiger partial charge in [-0.3, -0.25) is 10.1 Å². The summed E-state index contributed by atoms with van der Waals surface area (Å²) in [5, 5.41) is 8.77. The third kappa shape index (κ3) is 3.70. The summed E-state index contributed by atoms with van der Waals surface area (Å²) in [5.41, 5.74) is 0.593. The predicted octanol–water partition coefficient (Wildman–Crippen LogP) is 4.45. The zero-order valence-electron chi connectivity index (χ0n) is 16.5. The van der Waals surface area contributed by atoms with Crippen LogP contribution in [0.25, 0.3) is 22.6 Å². The highest BCUT2D eigenvalue weighted by atomic mass is 19.4. The Bertz CT molecular complexity index is 1270. The van der Waals surface area contributed by atoms with Crippen LogP contribution in [0.15, 0.2) is 49.1 Å². The number of para-hydroxylation sites is 1. The summed E-state index contributed by atoms with van der Waals surface area (Å²) in [6.07, 6.45) is 0.896. The lowest BCUT2D eigenvalue weighted by molar-refractivity contribution is -0.140. The maximum atomic E-state index is 14.0. The summed E-state index contributed by atoms with van der Waals surface area (Å²) in [4.78, 5) is 8.58. The Balaban J connectivity index is 1.41. The van der Waals surface area contributed by atoms with Crippen LogP contribution in [0.1, 0.15) is 23.6 Å². The Labute approximate surface area is 179 Å². The van der Waals surface area contributed by atoms with Crippen LogP contribution in [0.2, 0.25) is 0 Å². The number of imidazole rings is 1. The molecular weight excluding hydrogens is 428 g/mol. The van der Waals surface area contributed by atoms with E-state index in [2.05, 4.69) is 20.3 Å². The molecule has 11 heteroatoms. The van der Waals surface area contributed by atoms with E-state index in [1.54, 1.807) is 18.6 Å². The van der Waals surface area contributed by atoms with Gasteiger partial charge in [0.05, 0.1) is 18.6 Å². The van der Waals surface area contributed by atoms with Crippen molar-refractivity contribution < 1.29 is 22.3 Å². The molecule has 4 heterocycles. The van der Waals surface area contributed by atoms with Crippen molar-refractivity contribution in [2.24, 2.45) is 0 Å². The monoisotopic (exact) mass is 444 g/mol. The van der Waals surface area contributed by atoms with E-state index in [-0.39, 0.29) is 28.7 Å². The topological polar surface area (TPSA) is 81.5 Å². The molecule has 7 nitrogen and oxygen atoms in total. The van der Waals surface area contributed by atoms with Crippen LogP contribution >= 0.6 is 0 Å². The van der Waals surface area contributed by atoms with Gasteiger partial charge in [0, 0.05) is 36.0 Å². The molecule has 0 saturated heterocycles. The zero-order chi connectivity index (χ0) is 22.3. The van der Waals surface area contributed by atoms with Gasteiger partial charge in [0.25, 0.3) is 0 Å². The fraction of sp³-hybridized carbons (Fsp3) is 0.238. The van der Waals surface area contributed by atoms with Crippen molar-refractivity contribution >= 4 is 0 Å². The van der Waals surface area contributed by atoms with Crippen LogP contribution in [0.3, 0.4) is 0 Å². The van der Waals surface area contributed by atoms with Crippen molar-refractivity contribution in [1.82, 2.24) is 29.9 Å². The molecule has 0 unspecified atom stereocenters. The maximum absolute atomic E-state index is 14.0. The van der Waals surface area contributed by atoms with Crippen molar-refractivity contribution in [2.75, 3.05) is 6.61 Å². The SMILES string of the molecule is Fc1cccc2c1OCC[C@@H]2Cn1cnc(-c2cc(-c3nn[nH]c3C(F)(F)F)ccn2)c1. The second-order valence-corrected chi connectivity index (χ2v) is 7.41. The van der Waals surface area contributed by atoms with E-state index in [9.17, 15) is 17.6 Å². The molecule has 0 fully saturated rings. The number of alkyl halides is 3. The Morgan fingerprint density at radius 3 is 2.88 bits per heavy atom. The molecule has 0 aliphatic carbocycles. The summed E-state index contributed by atoms with van der Waals surface area (Å²) in [7, 11) is 0. The third-order valence-corrected chi connectivity index (χ3v) is 5.34. The number of nitrogens with one attached hydrogen (secondary N) is 1. The molecule has 0 spiro atoms. The van der Waals surface area contributed by atoms with E-state index in [0.29, 0.717) is 24.5 Å². The zero-order valence-corrected chi connectivity index (χ0v) is 16.5. The first-order valence-electron chi connectivity index (χ1n) is 9.78. The van der Waals surface area contributed by atoms with Gasteiger partial charge in [0.2, 0.25) is 0 Å². The summed E-state index contributed by atoms with van der Waals surface area (Å²) < 4.78 is 60.9. The van der Waals surface area contributed by atoms with Gasteiger partial charge in [-0.25, -0.2) is 9.37 Å². The number of fused-ring (bicyclic) bond motifs is 1. The lowest BCUT2D eigenvalue weighted by Crippen LogP contribution is -2.19. The lowest BCUT2D eigenvalue weighted by Gasteiger charge is -2.26. The number of rotatable bonds is 4. The minimum absolute atomic E-state index is 0.0419. The molecule has 0 radical (unpaired) electrons. The fourth-order valence-electron chi connectivity index (χ4n) is 3.84. The van der Waals surface area contributed by atoms with E-state index in [4.69, 9.17) is 4.74 Å². The first-order chi connectivity index (χ1) is 15.4. The number of ether oxygens (including phenoxy) is 1. The minimum atomic E-state index is -4.61. The van der Waals surface area contributed by atoms with Crippen molar-refractivity contribution in [3.8, 4) is 28.4 Å². The predicted molar refractivity (Wildman–Crippen MR) is 105 cm³/mol. The highest BCUT2D eigenvalue weighted by Crippen LogP contribution is 2.37. The van der Waals surface area contributed by atoms with Crippen molar-refractivity contribution in [3.05, 3.63) is 66.1 Å². The fourth-order valence-corrected chi connectivity index (χ4v) is 3.84. The number of aromatic amines is 1. The molecule has 3 aromatic heterocycles. The number of halogens is 4. The van der Waals surface area contributed by atoms with Crippen LogP contribution in [0.5, 0.6) is 5.75 Å². The van der Waals surface area contributed by atoms with Gasteiger partial charge in [-0.2, -0.15) is 13.2 Å². The molecule has 1 aliphatic heterocycles. The number of hydrogen-bond acceptors (Lipinski definition) is 5. The molecule has 1 atom stereocenters. The Hall–Kier alpha value is -3.76. The number of aromatic nitrogens is 6. The van der Waals surface area contributed by atoms with E-state index in [0.717, 1.165) is 12.0 Å². The van der Waals surface area contributed by atoms with E-state index >= 15 is 0 Å². The lowest BCUT2D eigenvalue weighted by atomic mass is 9.93. The molecule has 1 aliphatic rings. The molecule has 0 saturated carbocycles. The van der Waals surface area contributed by atoms with Crippen LogP contribution in [-0.2, 0) is 12.7 Å². The molecular formula is C21H16F4N6O. The minimum Gasteiger partial charge on any atom is -0.490 e. The van der Waals surface area contributed by atoms with Gasteiger partial charge in [-0.1, -0.05) is 17.3 Å². The first-order valence-corrected chi connectivity index (χ1v) is 9.78. The number of nitrogens with zero attached hydrogens (tertiary/aromatic N) is 5. The van der Waals surface area contributed by atoms with E-state index in [1.807, 2.05) is 15.7 Å². The second-order valence-electron chi connectivity index (χ2n) is 7.41. The van der Waals surface area contributed by atoms with Gasteiger partial charge in [-0.15, -0.1) is 5.10 Å². The number of hydrogen-bond donors (Lipinski definition) is 1. The standard InChI is InChI=1S/C21H16F4N6O/c22-15-3-1-2-14-13(5-7-32-19(14)15)9-31-10-17(27-11-31)16-8-12(4-6-26-16)18-20(21(23,24)25)29-30-28-18/h1-4,6,8,10-11,13H,5,7,9H2,(H,28,29,30)/t13-/m1/s1. The van der Waals surface area contributed by atoms with Crippen LogP contribution in [0, 0.1) is 5.82 Å². The molecule has 32 heavy (non-hydrogen) atoms. The first kappa shape index (κ1) is 20.2. The molecule has 164 valence electrons. The molecule has 4 aromatic rings. The Kier molecular flexibility index (Phi) is 4.87. The normalized spacial score (nSPS) is 15.9. The molecule has 5 rings (SSSR count). The van der Waals surface area contributed by atoms with Crippen LogP contribution < -0.4 is 4.74 Å². The van der Waals surface area contributed by atoms with Crippen LogP contribution in [-0.4, -0.2) is 36.6 Å². The van der Waals surface area contributed by atoms with Crippen molar-refractivity contribution in [3.63, 3.8) is 0 Å². The smallest absolute Gasteiger partial charge is 0.435 e. The molecule has 1 N–H and O–H groups in total. The number of benzene rings is 1. The summed E-state index contributed by atoms with van der Waals surface area (Å²) in [6, 6.07) is 7.79. The van der Waals surface area contributed by atoms with Crippen molar-refractivity contribution in [2.45, 2.75) is 25.1 Å². The van der Waals surface area contributed by atoms with Gasteiger partial charge in [0.15, 0.2) is 17.3 Å². The highest BCUT2D eigenvalue weighted by Gasteiger charge is 2.37. The van der Waals surface area contributed by atoms with Gasteiger partial charge in [-0.05, 0) is 24.6 Å². The van der Waals surface area contributed by atoms with E-state index < -0.39 is 11.9 Å². The van der Waals surface area contributed by atoms with Crippen molar-refractivity contribution in [1.29, 1.82) is 0 Å². The number of pyridine rings is 1.